The predicted molar refractivity (Wildman–Crippen MR) is 297 cm³/mol. The van der Waals surface area contributed by atoms with E-state index in [0.717, 1.165) is 148 Å². The van der Waals surface area contributed by atoms with Gasteiger partial charge in [-0.3, -0.25) is 14.4 Å². The van der Waals surface area contributed by atoms with Crippen LogP contribution in [0.2, 0.25) is 0 Å². The molecule has 6 heteroatoms. The molecule has 0 aliphatic carbocycles. The van der Waals surface area contributed by atoms with Crippen molar-refractivity contribution in [3.8, 4) is 0 Å². The Morgan fingerprint density at radius 1 is 0.304 bits per heavy atom. The highest BCUT2D eigenvalue weighted by atomic mass is 16.6. The van der Waals surface area contributed by atoms with E-state index < -0.39 is 6.10 Å². The summed E-state index contributed by atoms with van der Waals surface area (Å²) in [5.74, 6) is -0.951. The molecule has 0 rings (SSSR count). The van der Waals surface area contributed by atoms with E-state index in [9.17, 15) is 14.4 Å². The van der Waals surface area contributed by atoms with E-state index in [1.54, 1.807) is 0 Å². The average Bonchev–Trinajstić information content (AvgIpc) is 3.35. The van der Waals surface area contributed by atoms with Crippen LogP contribution in [0.15, 0.2) is 122 Å². The van der Waals surface area contributed by atoms with Crippen molar-refractivity contribution in [2.24, 2.45) is 0 Å². The molecule has 0 bridgehead atoms. The highest BCUT2D eigenvalue weighted by molar-refractivity contribution is 5.71. The Morgan fingerprint density at radius 3 is 0.884 bits per heavy atom. The molecule has 0 saturated carbocycles. The molecule has 1 unspecified atom stereocenters. The van der Waals surface area contributed by atoms with Crippen LogP contribution in [-0.2, 0) is 28.6 Å². The van der Waals surface area contributed by atoms with Gasteiger partial charge >= 0.3 is 17.9 Å². The first-order chi connectivity index (χ1) is 34.0. The molecule has 1 atom stereocenters. The number of carbonyl (C=O) groups is 3. The summed E-state index contributed by atoms with van der Waals surface area (Å²) in [7, 11) is 0. The number of carbonyl (C=O) groups excluding carboxylic acids is 3. The second-order valence-corrected chi connectivity index (χ2v) is 18.1. The maximum Gasteiger partial charge on any atom is 0.306 e. The van der Waals surface area contributed by atoms with Gasteiger partial charge < -0.3 is 14.2 Å². The van der Waals surface area contributed by atoms with Gasteiger partial charge in [-0.15, -0.1) is 0 Å². The quantitative estimate of drug-likeness (QED) is 0.0262. The van der Waals surface area contributed by atoms with Crippen LogP contribution in [0.4, 0.5) is 0 Å². The van der Waals surface area contributed by atoms with Crippen LogP contribution in [0.1, 0.15) is 239 Å². The van der Waals surface area contributed by atoms with E-state index >= 15 is 0 Å². The lowest BCUT2D eigenvalue weighted by Crippen LogP contribution is -2.30. The van der Waals surface area contributed by atoms with Crippen molar-refractivity contribution in [1.29, 1.82) is 0 Å². The van der Waals surface area contributed by atoms with E-state index in [1.165, 1.54) is 51.4 Å². The molecular formula is C63H102O6. The van der Waals surface area contributed by atoms with Crippen LogP contribution >= 0.6 is 0 Å². The molecule has 0 spiro atoms. The highest BCUT2D eigenvalue weighted by Gasteiger charge is 2.19. The van der Waals surface area contributed by atoms with Gasteiger partial charge in [0.2, 0.25) is 0 Å². The molecule has 0 aliphatic heterocycles. The number of rotatable bonds is 49. The molecule has 0 fully saturated rings. The number of hydrogen-bond acceptors (Lipinski definition) is 6. The normalized spacial score (nSPS) is 13.0. The zero-order valence-electron chi connectivity index (χ0n) is 44.5. The zero-order chi connectivity index (χ0) is 50.0. The minimum absolute atomic E-state index is 0.0979. The lowest BCUT2D eigenvalue weighted by Gasteiger charge is -2.18. The Bertz CT molecular complexity index is 1470. The molecule has 0 radical (unpaired) electrons. The van der Waals surface area contributed by atoms with Crippen molar-refractivity contribution in [3.05, 3.63) is 122 Å². The molecule has 0 N–H and O–H groups in total. The summed E-state index contributed by atoms with van der Waals surface area (Å²) in [6, 6.07) is 0. The van der Waals surface area contributed by atoms with Crippen LogP contribution in [0.5, 0.6) is 0 Å². The van der Waals surface area contributed by atoms with Crippen molar-refractivity contribution >= 4 is 17.9 Å². The Hall–Kier alpha value is -4.19. The molecule has 0 aliphatic rings. The minimum atomic E-state index is -0.803. The third-order valence-corrected chi connectivity index (χ3v) is 11.5. The van der Waals surface area contributed by atoms with Gasteiger partial charge in [-0.25, -0.2) is 0 Å². The zero-order valence-corrected chi connectivity index (χ0v) is 44.5. The van der Waals surface area contributed by atoms with Gasteiger partial charge in [-0.2, -0.15) is 0 Å². The first-order valence-electron chi connectivity index (χ1n) is 28.0. The molecule has 0 aromatic rings. The monoisotopic (exact) mass is 955 g/mol. The Balaban J connectivity index is 4.44. The summed E-state index contributed by atoms with van der Waals surface area (Å²) in [5.41, 5.74) is 0. The van der Waals surface area contributed by atoms with Crippen molar-refractivity contribution in [3.63, 3.8) is 0 Å². The molecular weight excluding hydrogens is 853 g/mol. The number of allylic oxidation sites excluding steroid dienone is 20. The second-order valence-electron chi connectivity index (χ2n) is 18.1. The van der Waals surface area contributed by atoms with E-state index in [-0.39, 0.29) is 31.1 Å². The van der Waals surface area contributed by atoms with Gasteiger partial charge in [0.15, 0.2) is 6.10 Å². The summed E-state index contributed by atoms with van der Waals surface area (Å²) in [5, 5.41) is 0. The van der Waals surface area contributed by atoms with Crippen LogP contribution in [0, 0.1) is 0 Å². The van der Waals surface area contributed by atoms with E-state index in [4.69, 9.17) is 14.2 Å². The third kappa shape index (κ3) is 54.6. The minimum Gasteiger partial charge on any atom is -0.462 e. The average molecular weight is 956 g/mol. The topological polar surface area (TPSA) is 78.9 Å². The van der Waals surface area contributed by atoms with Crippen molar-refractivity contribution in [2.45, 2.75) is 245 Å². The number of esters is 3. The van der Waals surface area contributed by atoms with E-state index in [2.05, 4.69) is 142 Å². The molecule has 0 heterocycles. The van der Waals surface area contributed by atoms with Gasteiger partial charge in [0.1, 0.15) is 13.2 Å². The van der Waals surface area contributed by atoms with Crippen molar-refractivity contribution in [2.75, 3.05) is 13.2 Å². The molecule has 0 aromatic carbocycles. The summed E-state index contributed by atoms with van der Waals surface area (Å²) >= 11 is 0. The van der Waals surface area contributed by atoms with Crippen LogP contribution in [0.3, 0.4) is 0 Å². The van der Waals surface area contributed by atoms with Crippen LogP contribution in [-0.4, -0.2) is 37.2 Å². The lowest BCUT2D eigenvalue weighted by atomic mass is 10.1. The molecule has 0 saturated heterocycles. The van der Waals surface area contributed by atoms with Crippen molar-refractivity contribution in [1.82, 2.24) is 0 Å². The molecule has 6 nitrogen and oxygen atoms in total. The largest absolute Gasteiger partial charge is 0.462 e. The summed E-state index contributed by atoms with van der Waals surface area (Å²) in [4.78, 5) is 38.1. The summed E-state index contributed by atoms with van der Waals surface area (Å²) in [6.45, 7) is 6.35. The van der Waals surface area contributed by atoms with Gasteiger partial charge in [0, 0.05) is 19.3 Å². The SMILES string of the molecule is CC/C=C\C/C=C\C/C=C\C/C=C\C/C=C\C/C=C\CCCCCCC(=O)OCC(COC(=O)CCCCCCCCCCCCC)OC(=O)CCCCCC/C=C\C/C=C\C/C=C\C/C=C\CC. The van der Waals surface area contributed by atoms with Crippen LogP contribution in [0.25, 0.3) is 0 Å². The Morgan fingerprint density at radius 2 is 0.565 bits per heavy atom. The first kappa shape index (κ1) is 64.8. The highest BCUT2D eigenvalue weighted by Crippen LogP contribution is 2.14. The standard InChI is InChI=1S/C63H102O6/c1-4-7-10-13-16-19-22-24-26-28-29-30-31-32-33-35-36-38-41-44-47-50-53-56-62(65)68-59-60(58-67-61(64)55-52-49-46-43-40-21-18-15-12-9-6-3)69-63(66)57-54-51-48-45-42-39-37-34-27-25-23-20-17-14-11-8-5-2/h7-8,10-11,16-17,19-20,24-27,29-30,32-33,36-39,60H,4-6,9,12-15,18,21-23,28,31,34-35,40-59H2,1-3H3/b10-7-,11-8-,19-16-,20-17-,26-24-,27-25-,30-29-,33-32-,38-36-,39-37-. The fourth-order valence-corrected chi connectivity index (χ4v) is 7.32. The molecule has 0 aromatic heterocycles. The number of ether oxygens (including phenoxy) is 3. The maximum atomic E-state index is 12.8. The Kier molecular flexibility index (Phi) is 53.0. The van der Waals surface area contributed by atoms with Gasteiger partial charge in [0.05, 0.1) is 0 Å². The smallest absolute Gasteiger partial charge is 0.306 e. The molecule has 390 valence electrons. The maximum absolute atomic E-state index is 12.8. The van der Waals surface area contributed by atoms with E-state index in [0.29, 0.717) is 19.3 Å². The predicted octanol–water partition coefficient (Wildman–Crippen LogP) is 18.9. The second kappa shape index (κ2) is 56.4. The van der Waals surface area contributed by atoms with Gasteiger partial charge in [-0.1, -0.05) is 232 Å². The third-order valence-electron chi connectivity index (χ3n) is 11.5. The van der Waals surface area contributed by atoms with Crippen molar-refractivity contribution < 1.29 is 28.6 Å². The number of unbranched alkanes of at least 4 members (excludes halogenated alkanes) is 18. The summed E-state index contributed by atoms with van der Waals surface area (Å²) in [6.07, 6.45) is 77.6. The first-order valence-corrected chi connectivity index (χ1v) is 28.0. The Labute approximate surface area is 424 Å². The summed E-state index contributed by atoms with van der Waals surface area (Å²) < 4.78 is 16.8. The molecule has 0 amide bonds. The fraction of sp³-hybridized carbons (Fsp3) is 0.635. The van der Waals surface area contributed by atoms with Gasteiger partial charge in [-0.05, 0) is 109 Å². The van der Waals surface area contributed by atoms with Crippen LogP contribution < -0.4 is 0 Å². The lowest BCUT2D eigenvalue weighted by molar-refractivity contribution is -0.167. The number of hydrogen-bond donors (Lipinski definition) is 0. The fourth-order valence-electron chi connectivity index (χ4n) is 7.32. The van der Waals surface area contributed by atoms with Gasteiger partial charge in [0.25, 0.3) is 0 Å². The molecule has 69 heavy (non-hydrogen) atoms. The van der Waals surface area contributed by atoms with E-state index in [1.807, 2.05) is 0 Å².